The lowest BCUT2D eigenvalue weighted by Gasteiger charge is -2.10. The van der Waals surface area contributed by atoms with Crippen molar-refractivity contribution < 1.29 is 19.1 Å². The minimum atomic E-state index is -0.245. The van der Waals surface area contributed by atoms with Gasteiger partial charge in [-0.1, -0.05) is 31.0 Å². The molecule has 0 radical (unpaired) electrons. The number of carbonyl (C=O) groups excluding carboxylic acids is 1. The summed E-state index contributed by atoms with van der Waals surface area (Å²) < 4.78 is 11.2. The number of ether oxygens (including phenoxy) is 1. The maximum absolute atomic E-state index is 12.5. The molecule has 1 amide bonds. The second kappa shape index (κ2) is 9.44. The number of carbonyl (C=O) groups is 1. The van der Waals surface area contributed by atoms with E-state index in [-0.39, 0.29) is 12.5 Å². The van der Waals surface area contributed by atoms with Crippen molar-refractivity contribution in [3.63, 3.8) is 0 Å². The van der Waals surface area contributed by atoms with Crippen LogP contribution in [0.2, 0.25) is 5.02 Å². The Kier molecular flexibility index (Phi) is 6.74. The van der Waals surface area contributed by atoms with Gasteiger partial charge in [-0.25, -0.2) is 0 Å². The minimum absolute atomic E-state index is 0.174. The molecule has 3 aromatic rings. The van der Waals surface area contributed by atoms with E-state index in [1.165, 1.54) is 0 Å². The van der Waals surface area contributed by atoms with E-state index >= 15 is 0 Å². The zero-order chi connectivity index (χ0) is 19.9. The summed E-state index contributed by atoms with van der Waals surface area (Å²) >= 11 is 6.35. The molecule has 0 fully saturated rings. The zero-order valence-electron chi connectivity index (χ0n) is 15.6. The number of hydrogen-bond acceptors (Lipinski definition) is 4. The fourth-order valence-electron chi connectivity index (χ4n) is 2.67. The van der Waals surface area contributed by atoms with E-state index in [0.29, 0.717) is 45.7 Å². The van der Waals surface area contributed by atoms with Gasteiger partial charge in [0.15, 0.2) is 0 Å². The Morgan fingerprint density at radius 3 is 2.75 bits per heavy atom. The third kappa shape index (κ3) is 4.94. The second-order valence-electron chi connectivity index (χ2n) is 6.30. The SMILES string of the molecule is CCCCOc1cccc(C(=O)Nc2ccc(-c3ccc(CO)o3)c(Cl)c2)c1. The molecule has 5 nitrogen and oxygen atoms in total. The molecule has 0 aliphatic rings. The fourth-order valence-corrected chi connectivity index (χ4v) is 2.94. The van der Waals surface area contributed by atoms with Gasteiger partial charge in [0.05, 0.1) is 11.6 Å². The molecule has 146 valence electrons. The first-order chi connectivity index (χ1) is 13.6. The first kappa shape index (κ1) is 20.0. The predicted octanol–water partition coefficient (Wildman–Crippen LogP) is 5.52. The molecule has 1 aromatic heterocycles. The van der Waals surface area contributed by atoms with Crippen LogP contribution in [-0.2, 0) is 6.61 Å². The van der Waals surface area contributed by atoms with Gasteiger partial charge in [0, 0.05) is 16.8 Å². The third-order valence-electron chi connectivity index (χ3n) is 4.17. The summed E-state index contributed by atoms with van der Waals surface area (Å²) in [7, 11) is 0. The normalized spacial score (nSPS) is 10.7. The third-order valence-corrected chi connectivity index (χ3v) is 4.49. The monoisotopic (exact) mass is 399 g/mol. The lowest BCUT2D eigenvalue weighted by molar-refractivity contribution is 0.102. The summed E-state index contributed by atoms with van der Waals surface area (Å²) in [5.41, 5.74) is 1.77. The van der Waals surface area contributed by atoms with E-state index in [1.54, 1.807) is 48.5 Å². The largest absolute Gasteiger partial charge is 0.494 e. The Hall–Kier alpha value is -2.76. The second-order valence-corrected chi connectivity index (χ2v) is 6.71. The van der Waals surface area contributed by atoms with Crippen molar-refractivity contribution in [2.24, 2.45) is 0 Å². The van der Waals surface area contributed by atoms with Crippen molar-refractivity contribution in [2.75, 3.05) is 11.9 Å². The van der Waals surface area contributed by atoms with Gasteiger partial charge in [-0.05, 0) is 55.0 Å². The molecule has 0 spiro atoms. The van der Waals surface area contributed by atoms with Gasteiger partial charge in [-0.15, -0.1) is 0 Å². The number of hydrogen-bond donors (Lipinski definition) is 2. The Labute approximate surface area is 168 Å². The minimum Gasteiger partial charge on any atom is -0.494 e. The van der Waals surface area contributed by atoms with Crippen LogP contribution in [0.3, 0.4) is 0 Å². The van der Waals surface area contributed by atoms with E-state index in [9.17, 15) is 4.79 Å². The first-order valence-electron chi connectivity index (χ1n) is 9.14. The van der Waals surface area contributed by atoms with E-state index in [2.05, 4.69) is 12.2 Å². The molecule has 1 heterocycles. The number of nitrogens with one attached hydrogen (secondary N) is 1. The highest BCUT2D eigenvalue weighted by molar-refractivity contribution is 6.33. The highest BCUT2D eigenvalue weighted by Gasteiger charge is 2.12. The Bertz CT molecular complexity index is 951. The highest BCUT2D eigenvalue weighted by atomic mass is 35.5. The average molecular weight is 400 g/mol. The fraction of sp³-hybridized carbons (Fsp3) is 0.227. The summed E-state index contributed by atoms with van der Waals surface area (Å²) in [5.74, 6) is 1.45. The van der Waals surface area contributed by atoms with Crippen LogP contribution < -0.4 is 10.1 Å². The zero-order valence-corrected chi connectivity index (χ0v) is 16.3. The maximum atomic E-state index is 12.5. The molecule has 0 bridgehead atoms. The van der Waals surface area contributed by atoms with Gasteiger partial charge >= 0.3 is 0 Å². The summed E-state index contributed by atoms with van der Waals surface area (Å²) in [6.45, 7) is 2.55. The molecule has 6 heteroatoms. The topological polar surface area (TPSA) is 71.7 Å². The van der Waals surface area contributed by atoms with Crippen LogP contribution in [0.15, 0.2) is 59.0 Å². The number of aliphatic hydroxyl groups is 1. The van der Waals surface area contributed by atoms with Crippen LogP contribution in [0.4, 0.5) is 5.69 Å². The van der Waals surface area contributed by atoms with Crippen LogP contribution in [0.1, 0.15) is 35.9 Å². The number of furan rings is 1. The smallest absolute Gasteiger partial charge is 0.255 e. The molecule has 0 saturated heterocycles. The Morgan fingerprint density at radius 1 is 1.18 bits per heavy atom. The Balaban J connectivity index is 1.70. The quantitative estimate of drug-likeness (QED) is 0.489. The summed E-state index contributed by atoms with van der Waals surface area (Å²) in [6, 6.07) is 15.7. The van der Waals surface area contributed by atoms with Crippen molar-refractivity contribution in [3.8, 4) is 17.1 Å². The average Bonchev–Trinajstić information content (AvgIpc) is 3.17. The molecule has 28 heavy (non-hydrogen) atoms. The number of halogens is 1. The van der Waals surface area contributed by atoms with E-state index in [1.807, 2.05) is 6.07 Å². The molecule has 3 rings (SSSR count). The predicted molar refractivity (Wildman–Crippen MR) is 110 cm³/mol. The highest BCUT2D eigenvalue weighted by Crippen LogP contribution is 2.32. The standard InChI is InChI=1S/C22H22ClNO4/c1-2-3-11-27-17-6-4-5-15(12-17)22(26)24-16-7-9-19(20(23)13-16)21-10-8-18(14-25)28-21/h4-10,12-13,25H,2-3,11,14H2,1H3,(H,24,26). The number of aliphatic hydroxyl groups excluding tert-OH is 1. The molecule has 0 saturated carbocycles. The summed E-state index contributed by atoms with van der Waals surface area (Å²) in [6.07, 6.45) is 2.02. The summed E-state index contributed by atoms with van der Waals surface area (Å²) in [4.78, 5) is 12.5. The van der Waals surface area contributed by atoms with Crippen molar-refractivity contribution in [2.45, 2.75) is 26.4 Å². The molecular formula is C22H22ClNO4. The Morgan fingerprint density at radius 2 is 2.04 bits per heavy atom. The van der Waals surface area contributed by atoms with Crippen LogP contribution in [0.25, 0.3) is 11.3 Å². The van der Waals surface area contributed by atoms with Gasteiger partial charge in [-0.3, -0.25) is 4.79 Å². The van der Waals surface area contributed by atoms with Gasteiger partial charge in [0.1, 0.15) is 23.9 Å². The van der Waals surface area contributed by atoms with Crippen molar-refractivity contribution in [3.05, 3.63) is 70.9 Å². The van der Waals surface area contributed by atoms with Crippen LogP contribution in [-0.4, -0.2) is 17.6 Å². The molecular weight excluding hydrogens is 378 g/mol. The van der Waals surface area contributed by atoms with Gasteiger partial charge in [0.25, 0.3) is 5.91 Å². The number of unbranched alkanes of at least 4 members (excludes halogenated alkanes) is 1. The lowest BCUT2D eigenvalue weighted by atomic mass is 10.1. The van der Waals surface area contributed by atoms with Crippen molar-refractivity contribution in [1.29, 1.82) is 0 Å². The van der Waals surface area contributed by atoms with E-state index in [4.69, 9.17) is 25.9 Å². The molecule has 0 unspecified atom stereocenters. The number of benzene rings is 2. The molecule has 2 aromatic carbocycles. The van der Waals surface area contributed by atoms with Crippen molar-refractivity contribution in [1.82, 2.24) is 0 Å². The van der Waals surface area contributed by atoms with E-state index < -0.39 is 0 Å². The number of rotatable bonds is 8. The first-order valence-corrected chi connectivity index (χ1v) is 9.52. The van der Waals surface area contributed by atoms with Crippen molar-refractivity contribution >= 4 is 23.2 Å². The number of amides is 1. The number of anilines is 1. The van der Waals surface area contributed by atoms with Gasteiger partial charge in [-0.2, -0.15) is 0 Å². The van der Waals surface area contributed by atoms with Crippen LogP contribution in [0.5, 0.6) is 5.75 Å². The lowest BCUT2D eigenvalue weighted by Crippen LogP contribution is -2.12. The van der Waals surface area contributed by atoms with Crippen LogP contribution >= 0.6 is 11.6 Å². The van der Waals surface area contributed by atoms with Crippen LogP contribution in [0, 0.1) is 0 Å². The molecule has 2 N–H and O–H groups in total. The molecule has 0 aliphatic carbocycles. The maximum Gasteiger partial charge on any atom is 0.255 e. The van der Waals surface area contributed by atoms with Gasteiger partial charge < -0.3 is 19.6 Å². The van der Waals surface area contributed by atoms with E-state index in [0.717, 1.165) is 12.8 Å². The summed E-state index contributed by atoms with van der Waals surface area (Å²) in [5, 5.41) is 12.4. The van der Waals surface area contributed by atoms with Gasteiger partial charge in [0.2, 0.25) is 0 Å². The molecule has 0 aliphatic heterocycles. The molecule has 0 atom stereocenters.